The molecule has 0 saturated carbocycles. The number of aliphatic hydroxyl groups excluding tert-OH is 5. The Morgan fingerprint density at radius 3 is 1.77 bits per heavy atom. The van der Waals surface area contributed by atoms with Gasteiger partial charge in [-0.05, 0) is 0 Å². The highest BCUT2D eigenvalue weighted by Crippen LogP contribution is 2.06. The summed E-state index contributed by atoms with van der Waals surface area (Å²) in [6.07, 6.45) is -6.54. The fraction of sp³-hybridized carbons (Fsp3) is 0.556. The van der Waals surface area contributed by atoms with Gasteiger partial charge < -0.3 is 48.5 Å². The number of hydrogen-bond donors (Lipinski definition) is 11. The van der Waals surface area contributed by atoms with E-state index in [1.54, 1.807) is 0 Å². The van der Waals surface area contributed by atoms with Crippen molar-refractivity contribution < 1.29 is 41.0 Å². The molecular weight excluding hydrogens is 362 g/mol. The smallest absolute Gasteiger partial charge is 0.394 e. The standard InChI is InChI=1S/C9H20N8O5.H2NO3/c10-8(11)16-14-1-3(15-17-9(12)13)5(20)7(22)6(21)4(19)2-18;2-1(3)4/h1,4-7,18-22H,2H2,(H4,10,11,16)(H4,12,13,17);(H2,2,3,4)/q;+1/b14-1+,15-3+;. The largest absolute Gasteiger partial charge is 0.472 e. The molecule has 4 atom stereocenters. The molecule has 4 unspecified atom stereocenters. The minimum atomic E-state index is -1.93. The molecule has 17 heteroatoms. The molecule has 0 aromatic rings. The normalized spacial score (nSPS) is 15.8. The van der Waals surface area contributed by atoms with Crippen LogP contribution in [-0.2, 0) is 0 Å². The van der Waals surface area contributed by atoms with Crippen molar-refractivity contribution in [3.8, 4) is 0 Å². The monoisotopic (exact) mass is 384 g/mol. The van der Waals surface area contributed by atoms with E-state index in [4.69, 9.17) is 43.4 Å². The van der Waals surface area contributed by atoms with Gasteiger partial charge in [0.25, 0.3) is 0 Å². The lowest BCUT2D eigenvalue weighted by molar-refractivity contribution is -0.969. The molecule has 0 heterocycles. The van der Waals surface area contributed by atoms with Crippen molar-refractivity contribution in [1.82, 2.24) is 0 Å². The first-order chi connectivity index (χ1) is 11.9. The average Bonchev–Trinajstić information content (AvgIpc) is 2.54. The number of guanidine groups is 2. The molecule has 0 aromatic carbocycles. The van der Waals surface area contributed by atoms with Gasteiger partial charge in [0, 0.05) is 0 Å². The van der Waals surface area contributed by atoms with Gasteiger partial charge in [0.1, 0.15) is 35.0 Å². The van der Waals surface area contributed by atoms with Crippen molar-refractivity contribution >= 4 is 23.8 Å². The van der Waals surface area contributed by atoms with Crippen LogP contribution in [0.25, 0.3) is 0 Å². The minimum Gasteiger partial charge on any atom is -0.394 e. The summed E-state index contributed by atoms with van der Waals surface area (Å²) in [4.78, 5) is 8.47. The third-order valence-corrected chi connectivity index (χ3v) is 2.20. The lowest BCUT2D eigenvalue weighted by atomic mass is 10.0. The van der Waals surface area contributed by atoms with E-state index in [1.165, 1.54) is 0 Å². The Labute approximate surface area is 145 Å². The fourth-order valence-electron chi connectivity index (χ4n) is 1.13. The second-order valence-electron chi connectivity index (χ2n) is 4.25. The maximum atomic E-state index is 9.88. The number of hydrogen-bond acceptors (Lipinski definition) is 10. The van der Waals surface area contributed by atoms with E-state index in [1.807, 2.05) is 0 Å². The summed E-state index contributed by atoms with van der Waals surface area (Å²) in [7, 11) is 0. The van der Waals surface area contributed by atoms with Gasteiger partial charge in [-0.1, -0.05) is 0 Å². The molecule has 0 aliphatic heterocycles. The molecule has 0 bridgehead atoms. The van der Waals surface area contributed by atoms with Gasteiger partial charge in [-0.3, -0.25) is 0 Å². The fourth-order valence-corrected chi connectivity index (χ4v) is 1.13. The van der Waals surface area contributed by atoms with Crippen LogP contribution in [0.3, 0.4) is 0 Å². The number of aliphatic hydroxyl groups is 5. The van der Waals surface area contributed by atoms with E-state index in [-0.39, 0.29) is 5.96 Å². The van der Waals surface area contributed by atoms with Crippen LogP contribution in [0.2, 0.25) is 0 Å². The molecule has 0 aromatic heterocycles. The van der Waals surface area contributed by atoms with E-state index in [2.05, 4.69) is 20.4 Å². The van der Waals surface area contributed by atoms with Crippen molar-refractivity contribution in [1.29, 1.82) is 0 Å². The van der Waals surface area contributed by atoms with Gasteiger partial charge >= 0.3 is 5.09 Å². The first kappa shape index (κ1) is 25.1. The van der Waals surface area contributed by atoms with Gasteiger partial charge in [0.15, 0.2) is 0 Å². The summed E-state index contributed by atoms with van der Waals surface area (Å²) in [6.45, 7) is -0.840. The molecule has 0 fully saturated rings. The molecule has 0 amide bonds. The molecule has 0 rings (SSSR count). The highest BCUT2D eigenvalue weighted by molar-refractivity contribution is 6.32. The van der Waals surface area contributed by atoms with Crippen LogP contribution in [0.15, 0.2) is 20.4 Å². The zero-order chi connectivity index (χ0) is 20.9. The highest BCUT2D eigenvalue weighted by atomic mass is 16.9. The van der Waals surface area contributed by atoms with Crippen LogP contribution in [0.5, 0.6) is 0 Å². The molecular formula is C9H22N9O8+. The summed E-state index contributed by atoms with van der Waals surface area (Å²) in [5.74, 6) is -0.839. The SMILES string of the molecule is NC(N)=N/N=C/C(=N\N=C(N)N)C(O)C(O)C(O)C(O)CO.O=[N+](O)O. The predicted molar refractivity (Wildman–Crippen MR) is 85.9 cm³/mol. The summed E-state index contributed by atoms with van der Waals surface area (Å²) in [5.41, 5.74) is 19.8. The Bertz CT molecular complexity index is 539. The Morgan fingerprint density at radius 1 is 0.923 bits per heavy atom. The van der Waals surface area contributed by atoms with Gasteiger partial charge in [-0.2, -0.15) is 5.10 Å². The number of nitrogens with zero attached hydrogens (tertiary/aromatic N) is 5. The lowest BCUT2D eigenvalue weighted by Crippen LogP contribution is -2.49. The van der Waals surface area contributed by atoms with Gasteiger partial charge in [0.05, 0.1) is 12.8 Å². The highest BCUT2D eigenvalue weighted by Gasteiger charge is 2.32. The molecule has 0 saturated heterocycles. The molecule has 17 nitrogen and oxygen atoms in total. The average molecular weight is 384 g/mol. The van der Waals surface area contributed by atoms with Crippen LogP contribution in [0.1, 0.15) is 0 Å². The lowest BCUT2D eigenvalue weighted by Gasteiger charge is -2.25. The topological polar surface area (TPSA) is 315 Å². The second-order valence-corrected chi connectivity index (χ2v) is 4.25. The van der Waals surface area contributed by atoms with E-state index in [0.717, 1.165) is 6.21 Å². The first-order valence-electron chi connectivity index (χ1n) is 6.40. The quantitative estimate of drug-likeness (QED) is 0.106. The molecule has 15 N–H and O–H groups in total. The third-order valence-electron chi connectivity index (χ3n) is 2.20. The Hall–Kier alpha value is -3.12. The molecule has 0 spiro atoms. The van der Waals surface area contributed by atoms with Crippen LogP contribution in [0.4, 0.5) is 0 Å². The van der Waals surface area contributed by atoms with E-state index in [0.29, 0.717) is 0 Å². The van der Waals surface area contributed by atoms with Crippen molar-refractivity contribution in [3.63, 3.8) is 0 Å². The Kier molecular flexibility index (Phi) is 12.8. The summed E-state index contributed by atoms with van der Waals surface area (Å²) < 4.78 is 0. The second kappa shape index (κ2) is 13.2. The summed E-state index contributed by atoms with van der Waals surface area (Å²) >= 11 is 0. The predicted octanol–water partition coefficient (Wildman–Crippen LogP) is -6.15. The summed E-state index contributed by atoms with van der Waals surface area (Å²) in [6, 6.07) is 0. The molecule has 0 radical (unpaired) electrons. The van der Waals surface area contributed by atoms with E-state index >= 15 is 0 Å². The third kappa shape index (κ3) is 12.3. The van der Waals surface area contributed by atoms with Crippen molar-refractivity contribution in [2.45, 2.75) is 24.4 Å². The number of rotatable bonds is 8. The van der Waals surface area contributed by atoms with Crippen LogP contribution >= 0.6 is 0 Å². The Morgan fingerprint density at radius 2 is 1.38 bits per heavy atom. The zero-order valence-corrected chi connectivity index (χ0v) is 13.2. The van der Waals surface area contributed by atoms with E-state index in [9.17, 15) is 20.4 Å². The maximum absolute atomic E-state index is 9.88. The van der Waals surface area contributed by atoms with Crippen LogP contribution < -0.4 is 22.9 Å². The van der Waals surface area contributed by atoms with E-state index < -0.39 is 47.8 Å². The van der Waals surface area contributed by atoms with Crippen molar-refractivity contribution in [2.24, 2.45) is 43.3 Å². The molecule has 0 aliphatic carbocycles. The van der Waals surface area contributed by atoms with Gasteiger partial charge in [-0.15, -0.1) is 15.3 Å². The van der Waals surface area contributed by atoms with Gasteiger partial charge in [-0.25, -0.2) is 10.4 Å². The molecule has 0 aliphatic rings. The number of nitrogens with two attached hydrogens (primary N) is 4. The zero-order valence-electron chi connectivity index (χ0n) is 13.2. The first-order valence-corrected chi connectivity index (χ1v) is 6.40. The summed E-state index contributed by atoms with van der Waals surface area (Å²) in [5, 5.41) is 72.8. The van der Waals surface area contributed by atoms with Gasteiger partial charge in [0.2, 0.25) is 11.9 Å². The molecule has 150 valence electrons. The van der Waals surface area contributed by atoms with Crippen LogP contribution in [-0.4, -0.2) is 95.9 Å². The Balaban J connectivity index is 0. The van der Waals surface area contributed by atoms with Crippen molar-refractivity contribution in [3.05, 3.63) is 4.91 Å². The van der Waals surface area contributed by atoms with Crippen LogP contribution in [0, 0.1) is 4.91 Å². The van der Waals surface area contributed by atoms with Crippen molar-refractivity contribution in [2.75, 3.05) is 6.61 Å². The molecule has 26 heavy (non-hydrogen) atoms. The maximum Gasteiger partial charge on any atom is 0.472 e. The minimum absolute atomic E-state index is 0.386.